The third kappa shape index (κ3) is 2.07. The Hall–Kier alpha value is -1.02. The molecule has 0 atom stereocenters. The number of rotatable bonds is 1. The van der Waals surface area contributed by atoms with Gasteiger partial charge in [-0.3, -0.25) is 4.99 Å². The molecule has 14 heavy (non-hydrogen) atoms. The molecule has 2 nitrogen and oxygen atoms in total. The van der Waals surface area contributed by atoms with Crippen molar-refractivity contribution in [1.82, 2.24) is 0 Å². The van der Waals surface area contributed by atoms with Gasteiger partial charge in [0.05, 0.1) is 10.7 Å². The Kier molecular flexibility index (Phi) is 2.73. The number of halogens is 1. The summed E-state index contributed by atoms with van der Waals surface area (Å²) in [6.45, 7) is 2.99. The van der Waals surface area contributed by atoms with E-state index < -0.39 is 0 Å². The molecule has 0 aromatic heterocycles. The second-order valence-electron chi connectivity index (χ2n) is 3.54. The summed E-state index contributed by atoms with van der Waals surface area (Å²) in [7, 11) is 0. The van der Waals surface area contributed by atoms with Gasteiger partial charge in [0.25, 0.3) is 0 Å². The van der Waals surface area contributed by atoms with Crippen molar-refractivity contribution < 1.29 is 0 Å². The number of aliphatic imine (C=N–C) groups is 1. The highest BCUT2D eigenvalue weighted by molar-refractivity contribution is 6.33. The fourth-order valence-electron chi connectivity index (χ4n) is 1.53. The van der Waals surface area contributed by atoms with Crippen LogP contribution in [0.15, 0.2) is 23.2 Å². The average Bonchev–Trinajstić information content (AvgIpc) is 2.64. The fourth-order valence-corrected chi connectivity index (χ4v) is 1.70. The lowest BCUT2D eigenvalue weighted by molar-refractivity contribution is 0.951. The maximum absolute atomic E-state index is 6.06. The van der Waals surface area contributed by atoms with Crippen molar-refractivity contribution in [2.75, 3.05) is 11.9 Å². The lowest BCUT2D eigenvalue weighted by atomic mass is 10.2. The predicted molar refractivity (Wildman–Crippen MR) is 61.3 cm³/mol. The van der Waals surface area contributed by atoms with E-state index in [0.29, 0.717) is 0 Å². The van der Waals surface area contributed by atoms with E-state index in [1.54, 1.807) is 0 Å². The zero-order valence-electron chi connectivity index (χ0n) is 8.18. The number of hydrogen-bond acceptors (Lipinski definition) is 2. The van der Waals surface area contributed by atoms with E-state index >= 15 is 0 Å². The summed E-state index contributed by atoms with van der Waals surface area (Å²) in [5.74, 6) is 1.05. The molecule has 1 aromatic rings. The van der Waals surface area contributed by atoms with Crippen molar-refractivity contribution in [2.45, 2.75) is 19.8 Å². The molecule has 0 saturated heterocycles. The normalized spacial score (nSPS) is 15.4. The summed E-state index contributed by atoms with van der Waals surface area (Å²) in [5.41, 5.74) is 2.17. The first-order chi connectivity index (χ1) is 6.75. The van der Waals surface area contributed by atoms with Gasteiger partial charge in [-0.25, -0.2) is 0 Å². The third-order valence-electron chi connectivity index (χ3n) is 2.28. The highest BCUT2D eigenvalue weighted by atomic mass is 35.5. The molecule has 0 spiro atoms. The molecule has 2 rings (SSSR count). The number of anilines is 1. The Bertz CT molecular complexity index is 372. The van der Waals surface area contributed by atoms with E-state index in [1.165, 1.54) is 5.56 Å². The molecular weight excluding hydrogens is 196 g/mol. The molecule has 3 heteroatoms. The van der Waals surface area contributed by atoms with Crippen LogP contribution < -0.4 is 5.32 Å². The van der Waals surface area contributed by atoms with Gasteiger partial charge >= 0.3 is 0 Å². The maximum atomic E-state index is 6.06. The Morgan fingerprint density at radius 2 is 2.29 bits per heavy atom. The van der Waals surface area contributed by atoms with Crippen molar-refractivity contribution in [3.63, 3.8) is 0 Å². The second kappa shape index (κ2) is 4.01. The number of nitrogens with zero attached hydrogens (tertiary/aromatic N) is 1. The molecule has 1 N–H and O–H groups in total. The van der Waals surface area contributed by atoms with Gasteiger partial charge in [-0.2, -0.15) is 0 Å². The zero-order valence-corrected chi connectivity index (χ0v) is 8.93. The van der Waals surface area contributed by atoms with E-state index in [-0.39, 0.29) is 0 Å². The van der Waals surface area contributed by atoms with Crippen LogP contribution in [0.1, 0.15) is 18.4 Å². The SMILES string of the molecule is Cc1ccc(Cl)c(NC2=NCCC2)c1. The fraction of sp³-hybridized carbons (Fsp3) is 0.364. The van der Waals surface area contributed by atoms with Crippen LogP contribution in [0.3, 0.4) is 0 Å². The number of hydrogen-bond donors (Lipinski definition) is 1. The topological polar surface area (TPSA) is 24.4 Å². The summed E-state index contributed by atoms with van der Waals surface area (Å²) in [4.78, 5) is 4.35. The Morgan fingerprint density at radius 1 is 1.43 bits per heavy atom. The molecule has 0 amide bonds. The summed E-state index contributed by atoms with van der Waals surface area (Å²) >= 11 is 6.06. The van der Waals surface area contributed by atoms with Crippen LogP contribution in [-0.4, -0.2) is 12.4 Å². The Morgan fingerprint density at radius 3 is 3.00 bits per heavy atom. The number of benzene rings is 1. The summed E-state index contributed by atoms with van der Waals surface area (Å²) in [6, 6.07) is 5.96. The van der Waals surface area contributed by atoms with Crippen LogP contribution >= 0.6 is 11.6 Å². The van der Waals surface area contributed by atoms with Crippen LogP contribution in [0.25, 0.3) is 0 Å². The number of amidine groups is 1. The summed E-state index contributed by atoms with van der Waals surface area (Å²) in [5, 5.41) is 4.02. The molecule has 0 unspecified atom stereocenters. The average molecular weight is 209 g/mol. The minimum Gasteiger partial charge on any atom is -0.343 e. The molecule has 1 aromatic carbocycles. The lowest BCUT2D eigenvalue weighted by Gasteiger charge is -2.08. The van der Waals surface area contributed by atoms with E-state index in [0.717, 1.165) is 35.9 Å². The van der Waals surface area contributed by atoms with Crippen molar-refractivity contribution in [3.05, 3.63) is 28.8 Å². The quantitative estimate of drug-likeness (QED) is 0.753. The first kappa shape index (κ1) is 9.53. The van der Waals surface area contributed by atoms with E-state index in [2.05, 4.69) is 17.2 Å². The minimum absolute atomic E-state index is 0.755. The standard InChI is InChI=1S/C11H13ClN2/c1-8-4-5-9(12)10(7-8)14-11-3-2-6-13-11/h4-5,7H,2-3,6H2,1H3,(H,13,14). The van der Waals surface area contributed by atoms with Crippen LogP contribution in [0.4, 0.5) is 5.69 Å². The van der Waals surface area contributed by atoms with E-state index in [4.69, 9.17) is 11.6 Å². The van der Waals surface area contributed by atoms with Crippen LogP contribution in [0.5, 0.6) is 0 Å². The monoisotopic (exact) mass is 208 g/mol. The molecule has 0 saturated carbocycles. The third-order valence-corrected chi connectivity index (χ3v) is 2.60. The lowest BCUT2D eigenvalue weighted by Crippen LogP contribution is -2.08. The molecule has 1 heterocycles. The molecule has 1 aliphatic rings. The minimum atomic E-state index is 0.755. The van der Waals surface area contributed by atoms with Gasteiger partial charge < -0.3 is 5.32 Å². The predicted octanol–water partition coefficient (Wildman–Crippen LogP) is 3.25. The van der Waals surface area contributed by atoms with Crippen LogP contribution in [-0.2, 0) is 0 Å². The second-order valence-corrected chi connectivity index (χ2v) is 3.95. The molecule has 0 aliphatic carbocycles. The van der Waals surface area contributed by atoms with Gasteiger partial charge in [-0.15, -0.1) is 0 Å². The Labute approximate surface area is 89.0 Å². The van der Waals surface area contributed by atoms with E-state index in [9.17, 15) is 0 Å². The largest absolute Gasteiger partial charge is 0.343 e. The van der Waals surface area contributed by atoms with Gasteiger partial charge in [-0.1, -0.05) is 17.7 Å². The molecule has 0 fully saturated rings. The van der Waals surface area contributed by atoms with E-state index in [1.807, 2.05) is 18.2 Å². The zero-order chi connectivity index (χ0) is 9.97. The van der Waals surface area contributed by atoms with Gasteiger partial charge in [0.2, 0.25) is 0 Å². The maximum Gasteiger partial charge on any atom is 0.101 e. The molecule has 0 bridgehead atoms. The summed E-state index contributed by atoms with van der Waals surface area (Å²) in [6.07, 6.45) is 2.18. The van der Waals surface area contributed by atoms with Crippen LogP contribution in [0.2, 0.25) is 5.02 Å². The smallest absolute Gasteiger partial charge is 0.101 e. The molecule has 74 valence electrons. The number of nitrogens with one attached hydrogen (secondary N) is 1. The van der Waals surface area contributed by atoms with Gasteiger partial charge in [0.1, 0.15) is 5.84 Å². The van der Waals surface area contributed by atoms with Gasteiger partial charge in [0.15, 0.2) is 0 Å². The Balaban J connectivity index is 2.19. The molecule has 0 radical (unpaired) electrons. The first-order valence-corrected chi connectivity index (χ1v) is 5.20. The molecular formula is C11H13ClN2. The highest BCUT2D eigenvalue weighted by Gasteiger charge is 2.08. The van der Waals surface area contributed by atoms with Crippen molar-refractivity contribution in [2.24, 2.45) is 4.99 Å². The molecule has 1 aliphatic heterocycles. The summed E-state index contributed by atoms with van der Waals surface area (Å²) < 4.78 is 0. The van der Waals surface area contributed by atoms with Gasteiger partial charge in [0, 0.05) is 13.0 Å². The highest BCUT2D eigenvalue weighted by Crippen LogP contribution is 2.23. The van der Waals surface area contributed by atoms with Crippen molar-refractivity contribution in [3.8, 4) is 0 Å². The first-order valence-electron chi connectivity index (χ1n) is 4.82. The van der Waals surface area contributed by atoms with Gasteiger partial charge in [-0.05, 0) is 31.0 Å². The van der Waals surface area contributed by atoms with Crippen molar-refractivity contribution >= 4 is 23.1 Å². The van der Waals surface area contributed by atoms with Crippen LogP contribution in [0, 0.1) is 6.92 Å². The van der Waals surface area contributed by atoms with Crippen molar-refractivity contribution in [1.29, 1.82) is 0 Å². The number of aryl methyl sites for hydroxylation is 1.